The molecular formula is C31H39N5O4. The summed E-state index contributed by atoms with van der Waals surface area (Å²) < 4.78 is 10.9. The fraction of sp³-hybridized carbons (Fsp3) is 0.355. The molecule has 0 saturated carbocycles. The van der Waals surface area contributed by atoms with E-state index in [1.54, 1.807) is 13.2 Å². The van der Waals surface area contributed by atoms with E-state index in [0.717, 1.165) is 55.3 Å². The maximum absolute atomic E-state index is 13.3. The van der Waals surface area contributed by atoms with Crippen LogP contribution >= 0.6 is 0 Å². The van der Waals surface area contributed by atoms with Crippen molar-refractivity contribution in [3.63, 3.8) is 0 Å². The molecule has 0 radical (unpaired) electrons. The van der Waals surface area contributed by atoms with Gasteiger partial charge >= 0.3 is 6.03 Å². The Labute approximate surface area is 236 Å². The van der Waals surface area contributed by atoms with Gasteiger partial charge in [0.2, 0.25) is 0 Å². The van der Waals surface area contributed by atoms with E-state index in [1.165, 1.54) is 0 Å². The Balaban J connectivity index is 1.48. The van der Waals surface area contributed by atoms with E-state index in [2.05, 4.69) is 31.8 Å². The Hall–Kier alpha value is -4.24. The molecule has 9 nitrogen and oxygen atoms in total. The molecule has 1 aliphatic rings. The van der Waals surface area contributed by atoms with Gasteiger partial charge in [-0.2, -0.15) is 0 Å². The van der Waals surface area contributed by atoms with Crippen molar-refractivity contribution in [1.29, 1.82) is 0 Å². The molecule has 0 atom stereocenters. The number of methoxy groups -OCH3 is 1. The smallest absolute Gasteiger partial charge is 0.323 e. The molecule has 40 heavy (non-hydrogen) atoms. The van der Waals surface area contributed by atoms with Gasteiger partial charge in [-0.1, -0.05) is 24.3 Å². The summed E-state index contributed by atoms with van der Waals surface area (Å²) in [6, 6.07) is 20.7. The van der Waals surface area contributed by atoms with E-state index in [4.69, 9.17) is 9.47 Å². The number of hydrogen-bond donors (Lipinski definition) is 3. The maximum atomic E-state index is 13.3. The number of ether oxygens (including phenoxy) is 2. The van der Waals surface area contributed by atoms with Crippen LogP contribution in [0.15, 0.2) is 66.7 Å². The third-order valence-corrected chi connectivity index (χ3v) is 6.78. The van der Waals surface area contributed by atoms with E-state index < -0.39 is 0 Å². The van der Waals surface area contributed by atoms with Crippen molar-refractivity contribution in [2.75, 3.05) is 73.5 Å². The third-order valence-electron chi connectivity index (χ3n) is 6.78. The van der Waals surface area contributed by atoms with E-state index in [0.29, 0.717) is 36.7 Å². The van der Waals surface area contributed by atoms with Crippen molar-refractivity contribution in [1.82, 2.24) is 5.32 Å². The molecule has 0 unspecified atom stereocenters. The van der Waals surface area contributed by atoms with Gasteiger partial charge in [-0.15, -0.1) is 0 Å². The van der Waals surface area contributed by atoms with Crippen molar-refractivity contribution >= 4 is 34.7 Å². The highest BCUT2D eigenvalue weighted by atomic mass is 16.5. The Bertz CT molecular complexity index is 1290. The molecule has 4 rings (SSSR count). The number of nitrogens with one attached hydrogen (secondary N) is 3. The molecule has 0 aliphatic carbocycles. The number of anilines is 4. The molecule has 9 heteroatoms. The van der Waals surface area contributed by atoms with Crippen LogP contribution in [0.5, 0.6) is 5.75 Å². The van der Waals surface area contributed by atoms with Gasteiger partial charge in [0.05, 0.1) is 18.4 Å². The molecule has 3 aromatic carbocycles. The highest BCUT2D eigenvalue weighted by molar-refractivity contribution is 6.04. The molecule has 1 saturated heterocycles. The zero-order valence-corrected chi connectivity index (χ0v) is 23.5. The number of carbonyl (C=O) groups is 2. The predicted octanol–water partition coefficient (Wildman–Crippen LogP) is 5.13. The number of hydrogen-bond acceptors (Lipinski definition) is 6. The number of urea groups is 1. The second-order valence-electron chi connectivity index (χ2n) is 9.63. The van der Waals surface area contributed by atoms with Crippen molar-refractivity contribution in [2.45, 2.75) is 20.3 Å². The standard InChI is InChI=1S/C31H39N5O4/c1-4-40-20-8-15-32-30(37)26-22-25(34-31(38)33-24-10-7-9-23(2)21-24)13-14-27(26)35-16-18-36(19-17-35)28-11-5-6-12-29(28)39-3/h5-7,9-14,21-22H,4,8,15-20H2,1-3H3,(H,32,37)(H2,33,34,38). The summed E-state index contributed by atoms with van der Waals surface area (Å²) in [6.45, 7) is 8.72. The minimum Gasteiger partial charge on any atom is -0.495 e. The first-order chi connectivity index (χ1) is 19.5. The first-order valence-electron chi connectivity index (χ1n) is 13.8. The van der Waals surface area contributed by atoms with Crippen LogP contribution in [0.2, 0.25) is 0 Å². The van der Waals surface area contributed by atoms with Gasteiger partial charge in [0, 0.05) is 63.0 Å². The van der Waals surface area contributed by atoms with E-state index in [1.807, 2.05) is 68.4 Å². The number of benzene rings is 3. The topological polar surface area (TPSA) is 95.2 Å². The number of piperazine rings is 1. The predicted molar refractivity (Wildman–Crippen MR) is 161 cm³/mol. The lowest BCUT2D eigenvalue weighted by Gasteiger charge is -2.38. The Morgan fingerprint density at radius 1 is 0.850 bits per heavy atom. The summed E-state index contributed by atoms with van der Waals surface area (Å²) in [5, 5.41) is 8.73. The SMILES string of the molecule is CCOCCCNC(=O)c1cc(NC(=O)Nc2cccc(C)c2)ccc1N1CCN(c2ccccc2OC)CC1. The lowest BCUT2D eigenvalue weighted by molar-refractivity contribution is 0.0944. The van der Waals surface area contributed by atoms with Crippen molar-refractivity contribution in [3.8, 4) is 5.75 Å². The lowest BCUT2D eigenvalue weighted by atomic mass is 10.1. The largest absolute Gasteiger partial charge is 0.495 e. The van der Waals surface area contributed by atoms with Crippen LogP contribution in [-0.4, -0.2) is 65.0 Å². The quantitative estimate of drug-likeness (QED) is 0.289. The molecular weight excluding hydrogens is 506 g/mol. The number of nitrogens with zero attached hydrogens (tertiary/aromatic N) is 2. The number of amides is 3. The van der Waals surface area contributed by atoms with Crippen molar-refractivity contribution in [2.24, 2.45) is 0 Å². The van der Waals surface area contributed by atoms with Crippen LogP contribution < -0.4 is 30.5 Å². The minimum atomic E-state index is -0.369. The monoisotopic (exact) mass is 545 g/mol. The van der Waals surface area contributed by atoms with Crippen molar-refractivity contribution < 1.29 is 19.1 Å². The number of carbonyl (C=O) groups excluding carboxylic acids is 2. The van der Waals surface area contributed by atoms with Gasteiger partial charge in [-0.25, -0.2) is 4.79 Å². The number of aryl methyl sites for hydroxylation is 1. The number of rotatable bonds is 11. The van der Waals surface area contributed by atoms with Gasteiger partial charge in [0.1, 0.15) is 5.75 Å². The fourth-order valence-electron chi connectivity index (χ4n) is 4.78. The zero-order chi connectivity index (χ0) is 28.3. The molecule has 0 bridgehead atoms. The molecule has 212 valence electrons. The molecule has 1 fully saturated rings. The van der Waals surface area contributed by atoms with Crippen LogP contribution in [0.1, 0.15) is 29.3 Å². The summed E-state index contributed by atoms with van der Waals surface area (Å²) in [4.78, 5) is 30.6. The maximum Gasteiger partial charge on any atom is 0.323 e. The van der Waals surface area contributed by atoms with Crippen LogP contribution in [-0.2, 0) is 4.74 Å². The third kappa shape index (κ3) is 7.66. The molecule has 3 aromatic rings. The molecule has 1 aliphatic heterocycles. The first-order valence-corrected chi connectivity index (χ1v) is 13.8. The molecule has 3 N–H and O–H groups in total. The summed E-state index contributed by atoms with van der Waals surface area (Å²) in [6.07, 6.45) is 0.726. The lowest BCUT2D eigenvalue weighted by Crippen LogP contribution is -2.47. The fourth-order valence-corrected chi connectivity index (χ4v) is 4.78. The van der Waals surface area contributed by atoms with Gasteiger partial charge in [0.25, 0.3) is 5.91 Å². The summed E-state index contributed by atoms with van der Waals surface area (Å²) in [7, 11) is 1.69. The van der Waals surface area contributed by atoms with Gasteiger partial charge < -0.3 is 35.2 Å². The Morgan fingerprint density at radius 2 is 1.55 bits per heavy atom. The second-order valence-corrected chi connectivity index (χ2v) is 9.63. The second kappa shape index (κ2) is 14.2. The minimum absolute atomic E-state index is 0.179. The average molecular weight is 546 g/mol. The average Bonchev–Trinajstić information content (AvgIpc) is 2.97. The molecule has 0 spiro atoms. The van der Waals surface area contributed by atoms with Crippen LogP contribution in [0.25, 0.3) is 0 Å². The van der Waals surface area contributed by atoms with Gasteiger partial charge in [-0.05, 0) is 68.3 Å². The Kier molecular flexibility index (Phi) is 10.2. The van der Waals surface area contributed by atoms with E-state index in [9.17, 15) is 9.59 Å². The molecule has 1 heterocycles. The van der Waals surface area contributed by atoms with Crippen molar-refractivity contribution in [3.05, 3.63) is 77.9 Å². The highest BCUT2D eigenvalue weighted by Gasteiger charge is 2.24. The zero-order valence-electron chi connectivity index (χ0n) is 23.5. The number of para-hydroxylation sites is 2. The van der Waals surface area contributed by atoms with Crippen LogP contribution in [0.3, 0.4) is 0 Å². The molecule has 3 amide bonds. The highest BCUT2D eigenvalue weighted by Crippen LogP contribution is 2.31. The van der Waals surface area contributed by atoms with Gasteiger partial charge in [0.15, 0.2) is 0 Å². The molecule has 0 aromatic heterocycles. The van der Waals surface area contributed by atoms with E-state index in [-0.39, 0.29) is 11.9 Å². The summed E-state index contributed by atoms with van der Waals surface area (Å²) in [5.74, 6) is 0.670. The first kappa shape index (κ1) is 28.8. The van der Waals surface area contributed by atoms with Gasteiger partial charge in [-0.3, -0.25) is 4.79 Å². The summed E-state index contributed by atoms with van der Waals surface area (Å²) >= 11 is 0. The van der Waals surface area contributed by atoms with Crippen LogP contribution in [0, 0.1) is 6.92 Å². The summed E-state index contributed by atoms with van der Waals surface area (Å²) in [5.41, 5.74) is 4.73. The van der Waals surface area contributed by atoms with Crippen LogP contribution in [0.4, 0.5) is 27.5 Å². The normalized spacial score (nSPS) is 13.1. The Morgan fingerprint density at radius 3 is 2.25 bits per heavy atom. The van der Waals surface area contributed by atoms with E-state index >= 15 is 0 Å².